The lowest BCUT2D eigenvalue weighted by Gasteiger charge is -2.23. The third kappa shape index (κ3) is 5.54. The van der Waals surface area contributed by atoms with Crippen LogP contribution >= 0.6 is 0 Å². The molecule has 0 spiro atoms. The summed E-state index contributed by atoms with van der Waals surface area (Å²) in [7, 11) is 0. The van der Waals surface area contributed by atoms with Crippen LogP contribution in [0.1, 0.15) is 19.8 Å². The van der Waals surface area contributed by atoms with E-state index in [4.69, 9.17) is 10.9 Å². The molecule has 20 heavy (non-hydrogen) atoms. The van der Waals surface area contributed by atoms with Crippen molar-refractivity contribution in [2.45, 2.75) is 25.9 Å². The second-order valence-corrected chi connectivity index (χ2v) is 5.39. The number of rotatable bonds is 7. The minimum Gasteiger partial charge on any atom is -0.409 e. The van der Waals surface area contributed by atoms with Gasteiger partial charge in [-0.05, 0) is 38.4 Å². The lowest BCUT2D eigenvalue weighted by atomic mass is 10.1. The summed E-state index contributed by atoms with van der Waals surface area (Å²) in [6.45, 7) is 5.12. The summed E-state index contributed by atoms with van der Waals surface area (Å²) >= 11 is 0. The van der Waals surface area contributed by atoms with Gasteiger partial charge in [-0.1, -0.05) is 12.1 Å². The van der Waals surface area contributed by atoms with Gasteiger partial charge < -0.3 is 21.2 Å². The van der Waals surface area contributed by atoms with Gasteiger partial charge >= 0.3 is 6.18 Å². The Morgan fingerprint density at radius 2 is 1.95 bits per heavy atom. The van der Waals surface area contributed by atoms with Gasteiger partial charge in [0.15, 0.2) is 5.84 Å². The Hall–Kier alpha value is -1.02. The molecule has 1 fully saturated rings. The topological polar surface area (TPSA) is 73.9 Å². The first-order valence-corrected chi connectivity index (χ1v) is 6.81. The van der Waals surface area contributed by atoms with Gasteiger partial charge in [-0.2, -0.15) is 13.2 Å². The van der Waals surface area contributed by atoms with Crippen LogP contribution in [0.2, 0.25) is 0 Å². The predicted molar refractivity (Wildman–Crippen MR) is 70.7 cm³/mol. The quantitative estimate of drug-likeness (QED) is 0.286. The molecule has 1 saturated heterocycles. The minimum absolute atomic E-state index is 0.259. The second kappa shape index (κ2) is 7.68. The number of hydrogen-bond acceptors (Lipinski definition) is 4. The van der Waals surface area contributed by atoms with Crippen molar-refractivity contribution in [3.8, 4) is 0 Å². The van der Waals surface area contributed by atoms with Crippen LogP contribution < -0.4 is 11.1 Å². The number of hydrogen-bond donors (Lipinski definition) is 3. The van der Waals surface area contributed by atoms with Gasteiger partial charge in [0.25, 0.3) is 0 Å². The van der Waals surface area contributed by atoms with E-state index in [-0.39, 0.29) is 12.5 Å². The van der Waals surface area contributed by atoms with Gasteiger partial charge in [-0.25, -0.2) is 0 Å². The normalized spacial score (nSPS) is 21.1. The number of nitrogens with zero attached hydrogens (tertiary/aromatic N) is 2. The largest absolute Gasteiger partial charge is 0.409 e. The van der Waals surface area contributed by atoms with Crippen LogP contribution in [0.4, 0.5) is 13.2 Å². The molecule has 2 atom stereocenters. The number of amidine groups is 1. The zero-order valence-corrected chi connectivity index (χ0v) is 11.7. The molecule has 0 aromatic carbocycles. The Labute approximate surface area is 117 Å². The smallest absolute Gasteiger partial charge is 0.400 e. The Morgan fingerprint density at radius 3 is 2.45 bits per heavy atom. The monoisotopic (exact) mass is 296 g/mol. The van der Waals surface area contributed by atoms with Crippen molar-refractivity contribution in [2.24, 2.45) is 22.7 Å². The summed E-state index contributed by atoms with van der Waals surface area (Å²) in [5.41, 5.74) is 5.08. The molecule has 1 rings (SSSR count). The van der Waals surface area contributed by atoms with E-state index in [9.17, 15) is 13.2 Å². The number of oxime groups is 1. The molecule has 0 bridgehead atoms. The average molecular weight is 296 g/mol. The molecule has 5 nitrogen and oxygen atoms in total. The van der Waals surface area contributed by atoms with Gasteiger partial charge in [-0.3, -0.25) is 0 Å². The Balaban J connectivity index is 2.32. The molecule has 8 heteroatoms. The molecule has 0 aromatic rings. The van der Waals surface area contributed by atoms with Gasteiger partial charge in [0, 0.05) is 13.1 Å². The summed E-state index contributed by atoms with van der Waals surface area (Å²) < 4.78 is 38.1. The highest BCUT2D eigenvalue weighted by atomic mass is 19.4. The standard InChI is InChI=1S/C12H23F3N4O/c1-9(8-19-4-2-3-5-19)6-17-7-10(11(16)18-20)12(13,14)15/h9-10,17,20H,2-8H2,1H3,(H2,16,18). The highest BCUT2D eigenvalue weighted by Gasteiger charge is 2.42. The van der Waals surface area contributed by atoms with E-state index < -0.39 is 17.9 Å². The molecule has 0 aliphatic carbocycles. The maximum absolute atomic E-state index is 12.7. The maximum Gasteiger partial charge on any atom is 0.400 e. The Kier molecular flexibility index (Phi) is 6.54. The Bertz CT molecular complexity index is 316. The van der Waals surface area contributed by atoms with Crippen LogP contribution in [0, 0.1) is 11.8 Å². The van der Waals surface area contributed by atoms with E-state index in [1.165, 1.54) is 12.8 Å². The van der Waals surface area contributed by atoms with E-state index in [1.807, 2.05) is 6.92 Å². The molecular formula is C12H23F3N4O. The van der Waals surface area contributed by atoms with Gasteiger partial charge in [-0.15, -0.1) is 0 Å². The molecule has 0 aromatic heterocycles. The van der Waals surface area contributed by atoms with Crippen LogP contribution in [-0.2, 0) is 0 Å². The maximum atomic E-state index is 12.7. The number of nitrogens with two attached hydrogens (primary N) is 1. The summed E-state index contributed by atoms with van der Waals surface area (Å²) in [6.07, 6.45) is -2.12. The van der Waals surface area contributed by atoms with Crippen LogP contribution in [0.25, 0.3) is 0 Å². The lowest BCUT2D eigenvalue weighted by molar-refractivity contribution is -0.154. The van der Waals surface area contributed by atoms with Gasteiger partial charge in [0.05, 0.1) is 0 Å². The van der Waals surface area contributed by atoms with E-state index >= 15 is 0 Å². The molecule has 4 N–H and O–H groups in total. The first-order chi connectivity index (χ1) is 9.34. The van der Waals surface area contributed by atoms with Crippen LogP contribution in [0.5, 0.6) is 0 Å². The van der Waals surface area contributed by atoms with Gasteiger partial charge in [0.2, 0.25) is 0 Å². The van der Waals surface area contributed by atoms with E-state index in [2.05, 4.69) is 15.4 Å². The molecule has 2 unspecified atom stereocenters. The third-order valence-corrected chi connectivity index (χ3v) is 3.48. The van der Waals surface area contributed by atoms with Crippen LogP contribution in [0.3, 0.4) is 0 Å². The minimum atomic E-state index is -4.51. The highest BCUT2D eigenvalue weighted by Crippen LogP contribution is 2.25. The van der Waals surface area contributed by atoms with E-state index in [0.717, 1.165) is 19.6 Å². The molecule has 1 heterocycles. The molecule has 118 valence electrons. The summed E-state index contributed by atoms with van der Waals surface area (Å²) in [4.78, 5) is 2.32. The summed E-state index contributed by atoms with van der Waals surface area (Å²) in [5.74, 6) is -2.50. The van der Waals surface area contributed by atoms with Crippen molar-refractivity contribution in [2.75, 3.05) is 32.7 Å². The summed E-state index contributed by atoms with van der Waals surface area (Å²) in [6, 6.07) is 0. The molecule has 0 saturated carbocycles. The molecular weight excluding hydrogens is 273 g/mol. The van der Waals surface area contributed by atoms with Crippen molar-refractivity contribution in [1.29, 1.82) is 0 Å². The molecule has 1 aliphatic rings. The molecule has 0 radical (unpaired) electrons. The number of halogens is 3. The molecule has 1 aliphatic heterocycles. The second-order valence-electron chi connectivity index (χ2n) is 5.39. The lowest BCUT2D eigenvalue weighted by Crippen LogP contribution is -2.44. The number of alkyl halides is 3. The fourth-order valence-electron chi connectivity index (χ4n) is 2.40. The zero-order valence-electron chi connectivity index (χ0n) is 11.7. The van der Waals surface area contributed by atoms with Crippen LogP contribution in [-0.4, -0.2) is 54.8 Å². The van der Waals surface area contributed by atoms with Crippen molar-refractivity contribution < 1.29 is 18.4 Å². The highest BCUT2D eigenvalue weighted by molar-refractivity contribution is 5.83. The first kappa shape index (κ1) is 17.0. The van der Waals surface area contributed by atoms with Crippen molar-refractivity contribution in [3.63, 3.8) is 0 Å². The van der Waals surface area contributed by atoms with Crippen molar-refractivity contribution in [3.05, 3.63) is 0 Å². The number of nitrogens with one attached hydrogen (secondary N) is 1. The van der Waals surface area contributed by atoms with Gasteiger partial charge in [0.1, 0.15) is 5.92 Å². The fraction of sp³-hybridized carbons (Fsp3) is 0.917. The molecule has 0 amide bonds. The summed E-state index contributed by atoms with van der Waals surface area (Å²) in [5, 5.41) is 13.6. The fourth-order valence-corrected chi connectivity index (χ4v) is 2.40. The zero-order chi connectivity index (χ0) is 15.2. The Morgan fingerprint density at radius 1 is 1.35 bits per heavy atom. The van der Waals surface area contributed by atoms with Crippen LogP contribution in [0.15, 0.2) is 5.16 Å². The van der Waals surface area contributed by atoms with Crippen molar-refractivity contribution in [1.82, 2.24) is 10.2 Å². The van der Waals surface area contributed by atoms with Crippen molar-refractivity contribution >= 4 is 5.84 Å². The van der Waals surface area contributed by atoms with E-state index in [1.54, 1.807) is 0 Å². The van der Waals surface area contributed by atoms with E-state index in [0.29, 0.717) is 6.54 Å². The third-order valence-electron chi connectivity index (χ3n) is 3.48. The SMILES string of the molecule is CC(CNCC(C(N)=NO)C(F)(F)F)CN1CCCC1. The first-order valence-electron chi connectivity index (χ1n) is 6.81. The predicted octanol–water partition coefficient (Wildman–Crippen LogP) is 1.23. The number of likely N-dealkylation sites (tertiary alicyclic amines) is 1. The average Bonchev–Trinajstić information content (AvgIpc) is 2.85.